The zero-order valence-corrected chi connectivity index (χ0v) is 19.4. The fourth-order valence-corrected chi connectivity index (χ4v) is 4.81. The third-order valence-corrected chi connectivity index (χ3v) is 6.64. The average molecular weight is 453 g/mol. The third-order valence-electron chi connectivity index (χ3n) is 6.64. The van der Waals surface area contributed by atoms with E-state index in [9.17, 15) is 9.59 Å². The molecule has 4 rings (SSSR count). The number of carbonyl (C=O) groups is 2. The Morgan fingerprint density at radius 1 is 0.909 bits per heavy atom. The average Bonchev–Trinajstić information content (AvgIpc) is 3.36. The predicted molar refractivity (Wildman–Crippen MR) is 124 cm³/mol. The van der Waals surface area contributed by atoms with Crippen molar-refractivity contribution < 1.29 is 23.8 Å². The molecule has 0 spiro atoms. The number of benzene rings is 2. The molecule has 0 aromatic heterocycles. The minimum atomic E-state index is -0.0612. The Morgan fingerprint density at radius 3 is 2.36 bits per heavy atom. The lowest BCUT2D eigenvalue weighted by molar-refractivity contribution is -0.142. The summed E-state index contributed by atoms with van der Waals surface area (Å²) in [6.07, 6.45) is 3.25. The van der Waals surface area contributed by atoms with Gasteiger partial charge in [0.1, 0.15) is 17.2 Å². The van der Waals surface area contributed by atoms with Gasteiger partial charge in [0.2, 0.25) is 5.91 Å². The number of nitrogens with zero attached hydrogens (tertiary/aromatic N) is 2. The van der Waals surface area contributed by atoms with Gasteiger partial charge < -0.3 is 24.0 Å². The van der Waals surface area contributed by atoms with E-state index in [-0.39, 0.29) is 30.4 Å². The minimum Gasteiger partial charge on any atom is -0.497 e. The van der Waals surface area contributed by atoms with Gasteiger partial charge in [-0.1, -0.05) is 18.2 Å². The molecule has 2 aliphatic heterocycles. The van der Waals surface area contributed by atoms with E-state index in [1.54, 1.807) is 19.1 Å². The van der Waals surface area contributed by atoms with Gasteiger partial charge in [0.15, 0.2) is 6.61 Å². The zero-order chi connectivity index (χ0) is 23.2. The van der Waals surface area contributed by atoms with Crippen molar-refractivity contribution in [2.45, 2.75) is 31.7 Å². The first-order valence-electron chi connectivity index (χ1n) is 11.6. The zero-order valence-electron chi connectivity index (χ0n) is 19.4. The van der Waals surface area contributed by atoms with Crippen LogP contribution in [0.1, 0.15) is 37.3 Å². The predicted octanol–water partition coefficient (Wildman–Crippen LogP) is 3.68. The van der Waals surface area contributed by atoms with Gasteiger partial charge in [0, 0.05) is 37.2 Å². The number of carbonyl (C=O) groups excluding carboxylic acids is 2. The van der Waals surface area contributed by atoms with Crippen molar-refractivity contribution in [2.75, 3.05) is 40.5 Å². The maximum Gasteiger partial charge on any atom is 0.260 e. The molecule has 33 heavy (non-hydrogen) atoms. The van der Waals surface area contributed by atoms with Crippen molar-refractivity contribution in [1.29, 1.82) is 0 Å². The summed E-state index contributed by atoms with van der Waals surface area (Å²) in [7, 11) is 3.28. The first-order chi connectivity index (χ1) is 16.1. The summed E-state index contributed by atoms with van der Waals surface area (Å²) in [5.74, 6) is 2.26. The fraction of sp³-hybridized carbons (Fsp3) is 0.462. The molecule has 2 aliphatic rings. The molecule has 2 heterocycles. The van der Waals surface area contributed by atoms with E-state index in [4.69, 9.17) is 14.2 Å². The molecule has 2 saturated heterocycles. The Labute approximate surface area is 195 Å². The Balaban J connectivity index is 1.34. The summed E-state index contributed by atoms with van der Waals surface area (Å²) in [4.78, 5) is 29.8. The van der Waals surface area contributed by atoms with Crippen LogP contribution >= 0.6 is 0 Å². The number of methoxy groups -OCH3 is 2. The summed E-state index contributed by atoms with van der Waals surface area (Å²) >= 11 is 0. The van der Waals surface area contributed by atoms with Gasteiger partial charge in [-0.25, -0.2) is 0 Å². The molecule has 1 atom stereocenters. The van der Waals surface area contributed by atoms with Gasteiger partial charge >= 0.3 is 0 Å². The molecule has 0 bridgehead atoms. The standard InChI is InChI=1S/C26H32N2O5/c1-31-21-10-11-22(24(17-21)32-2)23-9-6-14-28(23)26(30)19-12-15-27(16-13-19)25(29)18-33-20-7-4-3-5-8-20/h3-5,7-8,10-11,17,19,23H,6,9,12-16,18H2,1-2H3. The Hall–Kier alpha value is -3.22. The lowest BCUT2D eigenvalue weighted by Crippen LogP contribution is -2.45. The molecule has 176 valence electrons. The maximum atomic E-state index is 13.4. The van der Waals surface area contributed by atoms with Gasteiger partial charge in [0.25, 0.3) is 5.91 Å². The molecule has 2 fully saturated rings. The van der Waals surface area contributed by atoms with Crippen LogP contribution in [0, 0.1) is 5.92 Å². The van der Waals surface area contributed by atoms with Crippen molar-refractivity contribution in [3.63, 3.8) is 0 Å². The molecule has 0 saturated carbocycles. The SMILES string of the molecule is COc1ccc(C2CCCN2C(=O)C2CCN(C(=O)COc3ccccc3)CC2)c(OC)c1. The van der Waals surface area contributed by atoms with E-state index >= 15 is 0 Å². The van der Waals surface area contributed by atoms with Gasteiger partial charge in [0.05, 0.1) is 20.3 Å². The highest BCUT2D eigenvalue weighted by atomic mass is 16.5. The highest BCUT2D eigenvalue weighted by Crippen LogP contribution is 2.40. The van der Waals surface area contributed by atoms with E-state index in [2.05, 4.69) is 0 Å². The van der Waals surface area contributed by atoms with Crippen molar-refractivity contribution in [1.82, 2.24) is 9.80 Å². The van der Waals surface area contributed by atoms with Crippen molar-refractivity contribution in [3.05, 3.63) is 54.1 Å². The second-order valence-corrected chi connectivity index (χ2v) is 8.55. The number of hydrogen-bond acceptors (Lipinski definition) is 5. The quantitative estimate of drug-likeness (QED) is 0.641. The van der Waals surface area contributed by atoms with Gasteiger partial charge in [-0.15, -0.1) is 0 Å². The molecule has 7 nitrogen and oxygen atoms in total. The number of para-hydroxylation sites is 1. The molecule has 2 amide bonds. The molecule has 0 radical (unpaired) electrons. The molecule has 2 aromatic carbocycles. The molecule has 7 heteroatoms. The highest BCUT2D eigenvalue weighted by Gasteiger charge is 2.37. The number of amides is 2. The van der Waals surface area contributed by atoms with Gasteiger partial charge in [-0.3, -0.25) is 9.59 Å². The van der Waals surface area contributed by atoms with Crippen molar-refractivity contribution >= 4 is 11.8 Å². The summed E-state index contributed by atoms with van der Waals surface area (Å²) in [5, 5.41) is 0. The topological polar surface area (TPSA) is 68.3 Å². The normalized spacial score (nSPS) is 18.8. The summed E-state index contributed by atoms with van der Waals surface area (Å²) in [6.45, 7) is 1.94. The number of hydrogen-bond donors (Lipinski definition) is 0. The highest BCUT2D eigenvalue weighted by molar-refractivity contribution is 5.81. The van der Waals surface area contributed by atoms with Crippen LogP contribution in [0.15, 0.2) is 48.5 Å². The van der Waals surface area contributed by atoms with E-state index in [0.29, 0.717) is 31.7 Å². The monoisotopic (exact) mass is 452 g/mol. The molecule has 1 unspecified atom stereocenters. The van der Waals surface area contributed by atoms with Gasteiger partial charge in [-0.05, 0) is 49.9 Å². The second kappa shape index (κ2) is 10.6. The first kappa shape index (κ1) is 23.0. The molecular weight excluding hydrogens is 420 g/mol. The number of rotatable bonds is 7. The molecule has 0 aliphatic carbocycles. The molecule has 0 N–H and O–H groups in total. The van der Waals surface area contributed by atoms with Crippen LogP contribution in [0.25, 0.3) is 0 Å². The van der Waals surface area contributed by atoms with Crippen LogP contribution in [0.2, 0.25) is 0 Å². The molecule has 2 aromatic rings. The van der Waals surface area contributed by atoms with Crippen LogP contribution in [0.5, 0.6) is 17.2 Å². The summed E-state index contributed by atoms with van der Waals surface area (Å²) < 4.78 is 16.5. The number of piperidine rings is 1. The number of likely N-dealkylation sites (tertiary alicyclic amines) is 2. The van der Waals surface area contributed by atoms with Crippen LogP contribution in [-0.2, 0) is 9.59 Å². The minimum absolute atomic E-state index is 0.0114. The maximum absolute atomic E-state index is 13.4. The van der Waals surface area contributed by atoms with Crippen molar-refractivity contribution in [3.8, 4) is 17.2 Å². The van der Waals surface area contributed by atoms with Crippen LogP contribution in [0.4, 0.5) is 0 Å². The summed E-state index contributed by atoms with van der Waals surface area (Å²) in [5.41, 5.74) is 1.02. The van der Waals surface area contributed by atoms with Crippen molar-refractivity contribution in [2.24, 2.45) is 5.92 Å². The third kappa shape index (κ3) is 5.24. The molecular formula is C26H32N2O5. The van der Waals surface area contributed by atoms with E-state index in [1.807, 2.05) is 53.4 Å². The Morgan fingerprint density at radius 2 is 1.67 bits per heavy atom. The largest absolute Gasteiger partial charge is 0.497 e. The van der Waals surface area contributed by atoms with Crippen LogP contribution < -0.4 is 14.2 Å². The second-order valence-electron chi connectivity index (χ2n) is 8.55. The lowest BCUT2D eigenvalue weighted by atomic mass is 9.94. The Bertz CT molecular complexity index is 956. The van der Waals surface area contributed by atoms with Gasteiger partial charge in [-0.2, -0.15) is 0 Å². The van der Waals surface area contributed by atoms with Crippen LogP contribution in [-0.4, -0.2) is 62.1 Å². The lowest BCUT2D eigenvalue weighted by Gasteiger charge is -2.35. The smallest absolute Gasteiger partial charge is 0.260 e. The van der Waals surface area contributed by atoms with Crippen LogP contribution in [0.3, 0.4) is 0 Å². The van der Waals surface area contributed by atoms with E-state index in [0.717, 1.165) is 36.4 Å². The first-order valence-corrected chi connectivity index (χ1v) is 11.6. The fourth-order valence-electron chi connectivity index (χ4n) is 4.81. The number of ether oxygens (including phenoxy) is 3. The van der Waals surface area contributed by atoms with E-state index in [1.165, 1.54) is 0 Å². The summed E-state index contributed by atoms with van der Waals surface area (Å²) in [6, 6.07) is 15.1. The Kier molecular flexibility index (Phi) is 7.37. The van der Waals surface area contributed by atoms with E-state index < -0.39 is 0 Å².